The molecular weight excluding hydrogens is 192 g/mol. The minimum atomic E-state index is -0.0115. The first-order chi connectivity index (χ1) is 7.18. The molecule has 0 spiro atoms. The van der Waals surface area contributed by atoms with Crippen molar-refractivity contribution in [3.63, 3.8) is 0 Å². The average Bonchev–Trinajstić information content (AvgIpc) is 2.66. The Balaban J connectivity index is 1.98. The van der Waals surface area contributed by atoms with E-state index in [2.05, 4.69) is 24.2 Å². The summed E-state index contributed by atoms with van der Waals surface area (Å²) in [4.78, 5) is 18.7. The molecule has 88 valence electrons. The molecule has 0 bridgehead atoms. The SMILES string of the molecule is CC(C)CONC(=O)CCN1CCCC1. The van der Waals surface area contributed by atoms with Crippen molar-refractivity contribution in [2.75, 3.05) is 26.2 Å². The van der Waals surface area contributed by atoms with Gasteiger partial charge in [0.15, 0.2) is 0 Å². The summed E-state index contributed by atoms with van der Waals surface area (Å²) in [5.74, 6) is 0.437. The number of amides is 1. The fraction of sp³-hybridized carbons (Fsp3) is 0.909. The molecule has 1 saturated heterocycles. The van der Waals surface area contributed by atoms with Gasteiger partial charge in [0.1, 0.15) is 0 Å². The molecule has 1 aliphatic rings. The van der Waals surface area contributed by atoms with Gasteiger partial charge in [-0.1, -0.05) is 13.8 Å². The van der Waals surface area contributed by atoms with Gasteiger partial charge in [-0.3, -0.25) is 9.63 Å². The molecule has 1 rings (SSSR count). The van der Waals surface area contributed by atoms with E-state index in [0.717, 1.165) is 19.6 Å². The second-order valence-corrected chi connectivity index (χ2v) is 4.53. The van der Waals surface area contributed by atoms with Gasteiger partial charge in [0.2, 0.25) is 5.91 Å². The fourth-order valence-corrected chi connectivity index (χ4v) is 1.61. The molecule has 1 aliphatic heterocycles. The van der Waals surface area contributed by atoms with Crippen LogP contribution in [0.3, 0.4) is 0 Å². The highest BCUT2D eigenvalue weighted by atomic mass is 16.6. The number of hydrogen-bond donors (Lipinski definition) is 1. The van der Waals surface area contributed by atoms with Crippen LogP contribution in [-0.2, 0) is 9.63 Å². The first kappa shape index (κ1) is 12.5. The Labute approximate surface area is 91.9 Å². The Kier molecular flexibility index (Phi) is 5.65. The quantitative estimate of drug-likeness (QED) is 0.675. The molecule has 4 heteroatoms. The van der Waals surface area contributed by atoms with Gasteiger partial charge >= 0.3 is 0 Å². The molecule has 0 aromatic heterocycles. The number of likely N-dealkylation sites (tertiary alicyclic amines) is 1. The molecule has 0 atom stereocenters. The summed E-state index contributed by atoms with van der Waals surface area (Å²) in [6.07, 6.45) is 3.08. The van der Waals surface area contributed by atoms with Crippen molar-refractivity contribution < 1.29 is 9.63 Å². The van der Waals surface area contributed by atoms with Crippen molar-refractivity contribution in [2.24, 2.45) is 5.92 Å². The lowest BCUT2D eigenvalue weighted by molar-refractivity contribution is -0.134. The second kappa shape index (κ2) is 6.80. The van der Waals surface area contributed by atoms with Gasteiger partial charge in [0.05, 0.1) is 6.61 Å². The van der Waals surface area contributed by atoms with Crippen molar-refractivity contribution in [3.05, 3.63) is 0 Å². The molecule has 0 unspecified atom stereocenters. The van der Waals surface area contributed by atoms with E-state index in [0.29, 0.717) is 18.9 Å². The first-order valence-corrected chi connectivity index (χ1v) is 5.81. The maximum atomic E-state index is 11.3. The summed E-state index contributed by atoms with van der Waals surface area (Å²) in [5.41, 5.74) is 2.47. The highest BCUT2D eigenvalue weighted by Gasteiger charge is 2.12. The topological polar surface area (TPSA) is 41.6 Å². The molecule has 0 aromatic carbocycles. The Hall–Kier alpha value is -0.610. The van der Waals surface area contributed by atoms with Gasteiger partial charge in [-0.15, -0.1) is 0 Å². The Morgan fingerprint density at radius 1 is 1.40 bits per heavy atom. The van der Waals surface area contributed by atoms with Gasteiger partial charge in [0, 0.05) is 13.0 Å². The zero-order valence-corrected chi connectivity index (χ0v) is 9.79. The average molecular weight is 214 g/mol. The van der Waals surface area contributed by atoms with Crippen LogP contribution < -0.4 is 5.48 Å². The molecule has 4 nitrogen and oxygen atoms in total. The van der Waals surface area contributed by atoms with Crippen molar-refractivity contribution in [3.8, 4) is 0 Å². The Bertz CT molecular complexity index is 189. The summed E-state index contributed by atoms with van der Waals surface area (Å²) in [5, 5.41) is 0. The largest absolute Gasteiger partial charge is 0.303 e. The monoisotopic (exact) mass is 214 g/mol. The number of hydroxylamine groups is 1. The van der Waals surface area contributed by atoms with Crippen LogP contribution in [0.5, 0.6) is 0 Å². The first-order valence-electron chi connectivity index (χ1n) is 5.81. The highest BCUT2D eigenvalue weighted by Crippen LogP contribution is 2.07. The standard InChI is InChI=1S/C11H22N2O2/c1-10(2)9-15-12-11(14)5-8-13-6-3-4-7-13/h10H,3-9H2,1-2H3,(H,12,14). The van der Waals surface area contributed by atoms with Crippen LogP contribution in [-0.4, -0.2) is 37.0 Å². The van der Waals surface area contributed by atoms with Crippen molar-refractivity contribution >= 4 is 5.91 Å². The third-order valence-corrected chi connectivity index (χ3v) is 2.46. The summed E-state index contributed by atoms with van der Waals surface area (Å²) in [6, 6.07) is 0. The van der Waals surface area contributed by atoms with E-state index in [4.69, 9.17) is 4.84 Å². The molecule has 1 amide bonds. The van der Waals surface area contributed by atoms with E-state index in [1.54, 1.807) is 0 Å². The van der Waals surface area contributed by atoms with Crippen molar-refractivity contribution in [2.45, 2.75) is 33.1 Å². The van der Waals surface area contributed by atoms with E-state index >= 15 is 0 Å². The van der Waals surface area contributed by atoms with Crippen LogP contribution in [0.4, 0.5) is 0 Å². The lowest BCUT2D eigenvalue weighted by atomic mass is 10.2. The third-order valence-electron chi connectivity index (χ3n) is 2.46. The Morgan fingerprint density at radius 3 is 2.67 bits per heavy atom. The van der Waals surface area contributed by atoms with E-state index in [1.165, 1.54) is 12.8 Å². The molecule has 1 N–H and O–H groups in total. The van der Waals surface area contributed by atoms with Crippen molar-refractivity contribution in [1.29, 1.82) is 0 Å². The minimum absolute atomic E-state index is 0.0115. The third kappa shape index (κ3) is 5.74. The number of carbonyl (C=O) groups is 1. The van der Waals surface area contributed by atoms with E-state index in [1.807, 2.05) is 0 Å². The zero-order chi connectivity index (χ0) is 11.1. The predicted octanol–water partition coefficient (Wildman–Crippen LogP) is 1.18. The lowest BCUT2D eigenvalue weighted by Crippen LogP contribution is -2.30. The van der Waals surface area contributed by atoms with E-state index < -0.39 is 0 Å². The maximum absolute atomic E-state index is 11.3. The van der Waals surface area contributed by atoms with Gasteiger partial charge in [0.25, 0.3) is 0 Å². The van der Waals surface area contributed by atoms with Crippen LogP contribution in [0, 0.1) is 5.92 Å². The van der Waals surface area contributed by atoms with Crippen LogP contribution >= 0.6 is 0 Å². The van der Waals surface area contributed by atoms with Gasteiger partial charge in [-0.2, -0.15) is 0 Å². The molecule has 1 heterocycles. The van der Waals surface area contributed by atoms with Crippen LogP contribution in [0.15, 0.2) is 0 Å². The van der Waals surface area contributed by atoms with Gasteiger partial charge in [-0.05, 0) is 31.8 Å². The van der Waals surface area contributed by atoms with Crippen molar-refractivity contribution in [1.82, 2.24) is 10.4 Å². The highest BCUT2D eigenvalue weighted by molar-refractivity contribution is 5.74. The van der Waals surface area contributed by atoms with Crippen LogP contribution in [0.25, 0.3) is 0 Å². The molecule has 0 aliphatic carbocycles. The molecule has 0 aromatic rings. The Morgan fingerprint density at radius 2 is 2.07 bits per heavy atom. The summed E-state index contributed by atoms with van der Waals surface area (Å²) in [6.45, 7) is 7.82. The van der Waals surface area contributed by atoms with Gasteiger partial charge < -0.3 is 4.90 Å². The number of hydrogen-bond acceptors (Lipinski definition) is 3. The predicted molar refractivity (Wildman–Crippen MR) is 59.2 cm³/mol. The maximum Gasteiger partial charge on any atom is 0.244 e. The van der Waals surface area contributed by atoms with Crippen LogP contribution in [0.1, 0.15) is 33.1 Å². The molecular formula is C11H22N2O2. The number of rotatable bonds is 6. The zero-order valence-electron chi connectivity index (χ0n) is 9.79. The summed E-state index contributed by atoms with van der Waals surface area (Å²) >= 11 is 0. The number of nitrogens with zero attached hydrogens (tertiary/aromatic N) is 1. The normalized spacial score (nSPS) is 17.3. The number of carbonyl (C=O) groups excluding carboxylic acids is 1. The van der Waals surface area contributed by atoms with Gasteiger partial charge in [-0.25, -0.2) is 5.48 Å². The summed E-state index contributed by atoms with van der Waals surface area (Å²) < 4.78 is 0. The molecule has 0 radical (unpaired) electrons. The minimum Gasteiger partial charge on any atom is -0.303 e. The van der Waals surface area contributed by atoms with E-state index in [-0.39, 0.29) is 5.91 Å². The second-order valence-electron chi connectivity index (χ2n) is 4.53. The fourth-order valence-electron chi connectivity index (χ4n) is 1.61. The smallest absolute Gasteiger partial charge is 0.244 e. The van der Waals surface area contributed by atoms with Crippen LogP contribution in [0.2, 0.25) is 0 Å². The molecule has 15 heavy (non-hydrogen) atoms. The van der Waals surface area contributed by atoms with E-state index in [9.17, 15) is 4.79 Å². The molecule has 1 fully saturated rings. The molecule has 0 saturated carbocycles. The summed E-state index contributed by atoms with van der Waals surface area (Å²) in [7, 11) is 0. The number of nitrogens with one attached hydrogen (secondary N) is 1. The lowest BCUT2D eigenvalue weighted by Gasteiger charge is -2.14.